The molecule has 8 nitrogen and oxygen atoms in total. The first kappa shape index (κ1) is 21.4. The third-order valence-electron chi connectivity index (χ3n) is 4.21. The summed E-state index contributed by atoms with van der Waals surface area (Å²) in [5, 5.41) is 7.88. The SMILES string of the molecule is CC(=O)c1nn(CC(=O)OC(C)(C)C)c2cc(CF)c(Nc3cnc(C)nc3)cc12. The quantitative estimate of drug-likeness (QED) is 0.483. The summed E-state index contributed by atoms with van der Waals surface area (Å²) in [6.07, 6.45) is 3.18. The molecule has 3 aromatic rings. The van der Waals surface area contributed by atoms with Crippen molar-refractivity contribution in [2.75, 3.05) is 5.32 Å². The van der Waals surface area contributed by atoms with Gasteiger partial charge in [0.2, 0.25) is 0 Å². The molecule has 1 N–H and O–H groups in total. The second kappa shape index (κ2) is 8.17. The van der Waals surface area contributed by atoms with E-state index in [0.29, 0.717) is 33.7 Å². The number of benzene rings is 1. The largest absolute Gasteiger partial charge is 0.459 e. The van der Waals surface area contributed by atoms with Crippen LogP contribution in [0.5, 0.6) is 0 Å². The van der Waals surface area contributed by atoms with E-state index in [1.165, 1.54) is 11.6 Å². The van der Waals surface area contributed by atoms with E-state index in [4.69, 9.17) is 4.74 Å². The molecule has 0 aliphatic heterocycles. The number of nitrogens with one attached hydrogen (secondary N) is 1. The lowest BCUT2D eigenvalue weighted by molar-refractivity contribution is -0.155. The summed E-state index contributed by atoms with van der Waals surface area (Å²) in [5.74, 6) is -0.146. The molecule has 2 heterocycles. The van der Waals surface area contributed by atoms with Crippen LogP contribution < -0.4 is 5.32 Å². The Balaban J connectivity index is 2.05. The molecule has 0 saturated heterocycles. The van der Waals surface area contributed by atoms with Crippen LogP contribution >= 0.6 is 0 Å². The number of hydrogen-bond donors (Lipinski definition) is 1. The number of rotatable bonds is 6. The fourth-order valence-electron chi connectivity index (χ4n) is 2.98. The van der Waals surface area contributed by atoms with Gasteiger partial charge in [0.25, 0.3) is 0 Å². The van der Waals surface area contributed by atoms with Gasteiger partial charge >= 0.3 is 5.97 Å². The number of ether oxygens (including phenoxy) is 1. The number of halogens is 1. The topological polar surface area (TPSA) is 99.0 Å². The van der Waals surface area contributed by atoms with Gasteiger partial charge in [-0.15, -0.1) is 0 Å². The molecular formula is C21H24FN5O3. The lowest BCUT2D eigenvalue weighted by atomic mass is 10.1. The molecule has 0 spiro atoms. The Labute approximate surface area is 173 Å². The van der Waals surface area contributed by atoms with Crippen molar-refractivity contribution in [1.29, 1.82) is 0 Å². The van der Waals surface area contributed by atoms with Gasteiger partial charge in [-0.05, 0) is 39.8 Å². The minimum atomic E-state index is -0.752. The Bertz CT molecular complexity index is 1100. The first-order chi connectivity index (χ1) is 14.1. The number of fused-ring (bicyclic) bond motifs is 1. The molecule has 0 amide bonds. The molecule has 0 fully saturated rings. The average molecular weight is 413 g/mol. The number of esters is 1. The molecule has 0 radical (unpaired) electrons. The number of alkyl halides is 1. The van der Waals surface area contributed by atoms with Crippen molar-refractivity contribution in [3.05, 3.63) is 41.6 Å². The molecule has 30 heavy (non-hydrogen) atoms. The zero-order valence-electron chi connectivity index (χ0n) is 17.6. The molecule has 3 rings (SSSR count). The standard InChI is InChI=1S/C21H24FN5O3/c1-12(28)20-16-7-17(25-15-9-23-13(2)24-10-15)14(8-22)6-18(16)27(26-20)11-19(29)30-21(3,4)5/h6-7,9-10,25H,8,11H2,1-5H3. The summed E-state index contributed by atoms with van der Waals surface area (Å²) in [6, 6.07) is 3.23. The fourth-order valence-corrected chi connectivity index (χ4v) is 2.98. The van der Waals surface area contributed by atoms with Gasteiger partial charge in [0.1, 0.15) is 30.3 Å². The Morgan fingerprint density at radius 1 is 1.20 bits per heavy atom. The maximum absolute atomic E-state index is 13.8. The van der Waals surface area contributed by atoms with E-state index in [1.807, 2.05) is 0 Å². The predicted octanol–water partition coefficient (Wildman–Crippen LogP) is 3.89. The summed E-state index contributed by atoms with van der Waals surface area (Å²) in [7, 11) is 0. The van der Waals surface area contributed by atoms with Crippen molar-refractivity contribution < 1.29 is 18.7 Å². The van der Waals surface area contributed by atoms with E-state index in [1.54, 1.807) is 52.2 Å². The van der Waals surface area contributed by atoms with Crippen LogP contribution in [0.2, 0.25) is 0 Å². The first-order valence-corrected chi connectivity index (χ1v) is 9.45. The second-order valence-electron chi connectivity index (χ2n) is 7.95. The highest BCUT2D eigenvalue weighted by Crippen LogP contribution is 2.30. The first-order valence-electron chi connectivity index (χ1n) is 9.45. The third kappa shape index (κ3) is 4.79. The van der Waals surface area contributed by atoms with Crippen LogP contribution in [0.15, 0.2) is 24.5 Å². The van der Waals surface area contributed by atoms with Crippen LogP contribution in [0.4, 0.5) is 15.8 Å². The second-order valence-corrected chi connectivity index (χ2v) is 7.95. The van der Waals surface area contributed by atoms with E-state index in [-0.39, 0.29) is 18.0 Å². The van der Waals surface area contributed by atoms with Crippen molar-refractivity contribution in [2.24, 2.45) is 0 Å². The molecule has 158 valence electrons. The normalized spacial score (nSPS) is 11.5. The molecule has 0 aliphatic rings. The number of aryl methyl sites for hydroxylation is 1. The van der Waals surface area contributed by atoms with Crippen molar-refractivity contribution in [1.82, 2.24) is 19.7 Å². The van der Waals surface area contributed by atoms with Gasteiger partial charge in [0.15, 0.2) is 5.78 Å². The maximum Gasteiger partial charge on any atom is 0.328 e. The number of ketones is 1. The van der Waals surface area contributed by atoms with E-state index < -0.39 is 18.2 Å². The highest BCUT2D eigenvalue weighted by atomic mass is 19.1. The maximum atomic E-state index is 13.8. The summed E-state index contributed by atoms with van der Waals surface area (Å²) < 4.78 is 20.5. The predicted molar refractivity (Wildman–Crippen MR) is 110 cm³/mol. The van der Waals surface area contributed by atoms with Crippen LogP contribution in [0.3, 0.4) is 0 Å². The Morgan fingerprint density at radius 3 is 2.43 bits per heavy atom. The summed E-state index contributed by atoms with van der Waals surface area (Å²) >= 11 is 0. The molecular weight excluding hydrogens is 389 g/mol. The number of carbonyl (C=O) groups is 2. The number of nitrogens with zero attached hydrogens (tertiary/aromatic N) is 4. The summed E-state index contributed by atoms with van der Waals surface area (Å²) in [5.41, 5.74) is 1.42. The molecule has 0 atom stereocenters. The number of aromatic nitrogens is 4. The van der Waals surface area contributed by atoms with Gasteiger partial charge in [0, 0.05) is 23.6 Å². The van der Waals surface area contributed by atoms with Crippen LogP contribution in [-0.4, -0.2) is 37.1 Å². The van der Waals surface area contributed by atoms with Crippen molar-refractivity contribution in [3.8, 4) is 0 Å². The van der Waals surface area contributed by atoms with E-state index in [2.05, 4.69) is 20.4 Å². The van der Waals surface area contributed by atoms with Gasteiger partial charge in [-0.1, -0.05) is 0 Å². The zero-order chi connectivity index (χ0) is 22.1. The molecule has 0 aliphatic carbocycles. The molecule has 1 aromatic carbocycles. The average Bonchev–Trinajstić information content (AvgIpc) is 2.99. The molecule has 0 bridgehead atoms. The highest BCUT2D eigenvalue weighted by molar-refractivity contribution is 6.06. The number of Topliss-reactive ketones (excluding diaryl/α,β-unsaturated/α-hetero) is 1. The van der Waals surface area contributed by atoms with Crippen LogP contribution in [0.25, 0.3) is 10.9 Å². The molecule has 0 saturated carbocycles. The van der Waals surface area contributed by atoms with Gasteiger partial charge in [-0.2, -0.15) is 5.10 Å². The third-order valence-corrected chi connectivity index (χ3v) is 4.21. The smallest absolute Gasteiger partial charge is 0.328 e. The lowest BCUT2D eigenvalue weighted by Crippen LogP contribution is -2.26. The Hall–Kier alpha value is -3.36. The Morgan fingerprint density at radius 2 is 1.87 bits per heavy atom. The lowest BCUT2D eigenvalue weighted by Gasteiger charge is -2.19. The van der Waals surface area contributed by atoms with Crippen LogP contribution in [0.1, 0.15) is 49.6 Å². The van der Waals surface area contributed by atoms with Gasteiger partial charge in [0.05, 0.1) is 23.6 Å². The number of carbonyl (C=O) groups excluding carboxylic acids is 2. The van der Waals surface area contributed by atoms with E-state index >= 15 is 0 Å². The number of hydrogen-bond acceptors (Lipinski definition) is 7. The van der Waals surface area contributed by atoms with Crippen molar-refractivity contribution >= 4 is 34.0 Å². The zero-order valence-corrected chi connectivity index (χ0v) is 17.6. The minimum absolute atomic E-state index is 0.189. The van der Waals surface area contributed by atoms with Crippen LogP contribution in [-0.2, 0) is 22.8 Å². The molecule has 0 unspecified atom stereocenters. The highest BCUT2D eigenvalue weighted by Gasteiger charge is 2.21. The van der Waals surface area contributed by atoms with Gasteiger partial charge in [-0.25, -0.2) is 14.4 Å². The Kier molecular flexibility index (Phi) is 5.82. The van der Waals surface area contributed by atoms with E-state index in [9.17, 15) is 14.0 Å². The monoisotopic (exact) mass is 413 g/mol. The minimum Gasteiger partial charge on any atom is -0.459 e. The van der Waals surface area contributed by atoms with Gasteiger partial charge < -0.3 is 10.1 Å². The van der Waals surface area contributed by atoms with Gasteiger partial charge in [-0.3, -0.25) is 14.3 Å². The van der Waals surface area contributed by atoms with E-state index in [0.717, 1.165) is 0 Å². The molecule has 9 heteroatoms. The van der Waals surface area contributed by atoms with Crippen molar-refractivity contribution in [3.63, 3.8) is 0 Å². The summed E-state index contributed by atoms with van der Waals surface area (Å²) in [6.45, 7) is 7.51. The van der Waals surface area contributed by atoms with Crippen molar-refractivity contribution in [2.45, 2.75) is 53.4 Å². The number of anilines is 2. The molecule has 2 aromatic heterocycles. The summed E-state index contributed by atoms with van der Waals surface area (Å²) in [4.78, 5) is 32.6. The fraction of sp³-hybridized carbons (Fsp3) is 0.381. The van der Waals surface area contributed by atoms with Crippen LogP contribution in [0, 0.1) is 6.92 Å².